The molecule has 1 fully saturated rings. The fourth-order valence-electron chi connectivity index (χ4n) is 3.67. The molecule has 1 saturated carbocycles. The Kier molecular flexibility index (Phi) is 6.42. The van der Waals surface area contributed by atoms with Crippen LogP contribution in [0.5, 0.6) is 11.5 Å². The van der Waals surface area contributed by atoms with Crippen molar-refractivity contribution in [1.29, 1.82) is 0 Å². The summed E-state index contributed by atoms with van der Waals surface area (Å²) < 4.78 is 11.3. The number of carbonyl (C=O) groups excluding carboxylic acids is 2. The van der Waals surface area contributed by atoms with Crippen LogP contribution >= 0.6 is 0 Å². The Balaban J connectivity index is 1.40. The molecule has 2 aromatic rings. The van der Waals surface area contributed by atoms with Crippen molar-refractivity contribution in [2.75, 3.05) is 25.1 Å². The lowest BCUT2D eigenvalue weighted by Gasteiger charge is -2.25. The van der Waals surface area contributed by atoms with Gasteiger partial charge in [0.15, 0.2) is 11.5 Å². The first-order valence-corrected chi connectivity index (χ1v) is 10.8. The third-order valence-corrected chi connectivity index (χ3v) is 5.43. The van der Waals surface area contributed by atoms with Gasteiger partial charge in [-0.3, -0.25) is 9.59 Å². The van der Waals surface area contributed by atoms with Gasteiger partial charge in [-0.1, -0.05) is 32.0 Å². The number of hydrogen-bond donors (Lipinski definition) is 3. The first-order valence-electron chi connectivity index (χ1n) is 10.8. The number of amides is 2. The number of ether oxygens (including phenoxy) is 2. The van der Waals surface area contributed by atoms with Gasteiger partial charge in [0, 0.05) is 12.1 Å². The van der Waals surface area contributed by atoms with E-state index in [2.05, 4.69) is 29.8 Å². The summed E-state index contributed by atoms with van der Waals surface area (Å²) in [4.78, 5) is 25.1. The molecule has 1 atom stereocenters. The van der Waals surface area contributed by atoms with E-state index in [1.165, 1.54) is 0 Å². The fourth-order valence-corrected chi connectivity index (χ4v) is 3.67. The van der Waals surface area contributed by atoms with E-state index in [0.29, 0.717) is 24.5 Å². The summed E-state index contributed by atoms with van der Waals surface area (Å²) in [6.07, 6.45) is 2.03. The second-order valence-electron chi connectivity index (χ2n) is 8.35. The Labute approximate surface area is 182 Å². The molecule has 0 spiro atoms. The largest absolute Gasteiger partial charge is 0.486 e. The Bertz CT molecular complexity index is 956. The highest BCUT2D eigenvalue weighted by Crippen LogP contribution is 2.34. The Morgan fingerprint density at radius 1 is 1.03 bits per heavy atom. The summed E-state index contributed by atoms with van der Waals surface area (Å²) in [6, 6.07) is 13.2. The van der Waals surface area contributed by atoms with E-state index in [4.69, 9.17) is 9.47 Å². The van der Waals surface area contributed by atoms with Gasteiger partial charge in [-0.2, -0.15) is 0 Å². The summed E-state index contributed by atoms with van der Waals surface area (Å²) in [5, 5.41) is 9.19. The minimum Gasteiger partial charge on any atom is -0.486 e. The molecular formula is C24H29N3O4. The molecule has 2 aliphatic rings. The molecular weight excluding hydrogens is 394 g/mol. The Morgan fingerprint density at radius 3 is 2.52 bits per heavy atom. The summed E-state index contributed by atoms with van der Waals surface area (Å²) in [6.45, 7) is 5.41. The molecule has 31 heavy (non-hydrogen) atoms. The lowest BCUT2D eigenvalue weighted by Crippen LogP contribution is -2.34. The maximum Gasteiger partial charge on any atom is 0.253 e. The second-order valence-corrected chi connectivity index (χ2v) is 8.35. The number of rotatable bonds is 8. The second kappa shape index (κ2) is 9.39. The fraction of sp³-hybridized carbons (Fsp3) is 0.417. The van der Waals surface area contributed by atoms with E-state index < -0.39 is 0 Å². The average Bonchev–Trinajstić information content (AvgIpc) is 3.58. The van der Waals surface area contributed by atoms with Crippen molar-refractivity contribution >= 4 is 17.5 Å². The van der Waals surface area contributed by atoms with Gasteiger partial charge >= 0.3 is 0 Å². The lowest BCUT2D eigenvalue weighted by molar-refractivity contribution is -0.115. The Hall–Kier alpha value is -3.06. The molecule has 164 valence electrons. The lowest BCUT2D eigenvalue weighted by atomic mass is 9.95. The first-order chi connectivity index (χ1) is 15.0. The van der Waals surface area contributed by atoms with Gasteiger partial charge in [-0.25, -0.2) is 0 Å². The molecule has 0 aromatic heterocycles. The van der Waals surface area contributed by atoms with Gasteiger partial charge in [0.05, 0.1) is 17.8 Å². The van der Waals surface area contributed by atoms with Crippen molar-refractivity contribution < 1.29 is 19.1 Å². The van der Waals surface area contributed by atoms with Crippen LogP contribution in [0.2, 0.25) is 0 Å². The van der Waals surface area contributed by atoms with Gasteiger partial charge in [0.1, 0.15) is 13.2 Å². The van der Waals surface area contributed by atoms with E-state index in [0.717, 1.165) is 29.9 Å². The molecule has 7 nitrogen and oxygen atoms in total. The minimum absolute atomic E-state index is 0.0324. The smallest absolute Gasteiger partial charge is 0.253 e. The summed E-state index contributed by atoms with van der Waals surface area (Å²) in [5.41, 5.74) is 2.04. The topological polar surface area (TPSA) is 88.7 Å². The van der Waals surface area contributed by atoms with Gasteiger partial charge in [0.25, 0.3) is 5.91 Å². The molecule has 7 heteroatoms. The van der Waals surface area contributed by atoms with Crippen LogP contribution in [-0.4, -0.2) is 37.6 Å². The van der Waals surface area contributed by atoms with E-state index in [-0.39, 0.29) is 36.4 Å². The van der Waals surface area contributed by atoms with E-state index in [1.54, 1.807) is 18.2 Å². The van der Waals surface area contributed by atoms with Gasteiger partial charge < -0.3 is 25.4 Å². The summed E-state index contributed by atoms with van der Waals surface area (Å²) in [7, 11) is 0. The number of benzene rings is 2. The molecule has 2 amide bonds. The van der Waals surface area contributed by atoms with Crippen LogP contribution in [0, 0.1) is 5.92 Å². The van der Waals surface area contributed by atoms with Crippen LogP contribution < -0.4 is 25.4 Å². The monoisotopic (exact) mass is 423 g/mol. The molecule has 4 rings (SSSR count). The minimum atomic E-state index is -0.199. The van der Waals surface area contributed by atoms with Crippen LogP contribution in [-0.2, 0) is 4.79 Å². The molecule has 2 aromatic carbocycles. The molecule has 1 heterocycles. The number of para-hydroxylation sites is 1. The highest BCUT2D eigenvalue weighted by molar-refractivity contribution is 6.04. The van der Waals surface area contributed by atoms with Gasteiger partial charge in [-0.15, -0.1) is 0 Å². The van der Waals surface area contributed by atoms with E-state index >= 15 is 0 Å². The SMILES string of the molecule is CC(C)C(NCC(=O)Nc1ccccc1C(=O)NC1CC1)c1ccc2c(c1)OCCO2. The molecule has 3 N–H and O–H groups in total. The predicted octanol–water partition coefficient (Wildman–Crippen LogP) is 3.28. The number of hydrogen-bond acceptors (Lipinski definition) is 5. The van der Waals surface area contributed by atoms with Crippen LogP contribution in [0.1, 0.15) is 48.7 Å². The van der Waals surface area contributed by atoms with Crippen molar-refractivity contribution in [2.45, 2.75) is 38.8 Å². The molecule has 1 aliphatic heterocycles. The van der Waals surface area contributed by atoms with Crippen molar-refractivity contribution in [2.24, 2.45) is 5.92 Å². The average molecular weight is 424 g/mol. The molecule has 1 aliphatic carbocycles. The quantitative estimate of drug-likeness (QED) is 0.606. The van der Waals surface area contributed by atoms with Crippen LogP contribution in [0.4, 0.5) is 5.69 Å². The zero-order chi connectivity index (χ0) is 21.8. The molecule has 0 bridgehead atoms. The number of carbonyl (C=O) groups is 2. The van der Waals surface area contributed by atoms with E-state index in [9.17, 15) is 9.59 Å². The standard InChI is InChI=1S/C24H29N3O4/c1-15(2)23(16-7-10-20-21(13-16)31-12-11-30-20)25-14-22(28)27-19-6-4-3-5-18(19)24(29)26-17-8-9-17/h3-7,10,13,15,17,23,25H,8-9,11-12,14H2,1-2H3,(H,26,29)(H,27,28). The first kappa shape index (κ1) is 21.2. The van der Waals surface area contributed by atoms with Crippen LogP contribution in [0.3, 0.4) is 0 Å². The van der Waals surface area contributed by atoms with Crippen LogP contribution in [0.15, 0.2) is 42.5 Å². The highest BCUT2D eigenvalue weighted by Gasteiger charge is 2.25. The predicted molar refractivity (Wildman–Crippen MR) is 119 cm³/mol. The van der Waals surface area contributed by atoms with E-state index in [1.807, 2.05) is 24.3 Å². The summed E-state index contributed by atoms with van der Waals surface area (Å²) >= 11 is 0. The summed E-state index contributed by atoms with van der Waals surface area (Å²) in [5.74, 6) is 1.39. The normalized spacial score (nSPS) is 16.0. The maximum absolute atomic E-state index is 12.7. The van der Waals surface area contributed by atoms with Gasteiger partial charge in [0.2, 0.25) is 5.91 Å². The molecule has 1 unspecified atom stereocenters. The number of fused-ring (bicyclic) bond motifs is 1. The van der Waals surface area contributed by atoms with Crippen molar-refractivity contribution in [1.82, 2.24) is 10.6 Å². The third-order valence-electron chi connectivity index (χ3n) is 5.43. The zero-order valence-electron chi connectivity index (χ0n) is 17.9. The van der Waals surface area contributed by atoms with Gasteiger partial charge in [-0.05, 0) is 48.6 Å². The maximum atomic E-state index is 12.7. The highest BCUT2D eigenvalue weighted by atomic mass is 16.6. The van der Waals surface area contributed by atoms with Crippen LogP contribution in [0.25, 0.3) is 0 Å². The number of nitrogens with one attached hydrogen (secondary N) is 3. The zero-order valence-corrected chi connectivity index (χ0v) is 17.9. The molecule has 0 saturated heterocycles. The van der Waals surface area contributed by atoms with Crippen molar-refractivity contribution in [3.63, 3.8) is 0 Å². The number of anilines is 1. The molecule has 0 radical (unpaired) electrons. The van der Waals surface area contributed by atoms with Crippen molar-refractivity contribution in [3.05, 3.63) is 53.6 Å². The third kappa shape index (κ3) is 5.35. The van der Waals surface area contributed by atoms with Crippen molar-refractivity contribution in [3.8, 4) is 11.5 Å². The Morgan fingerprint density at radius 2 is 1.77 bits per heavy atom.